The van der Waals surface area contributed by atoms with Crippen LogP contribution >= 0.6 is 0 Å². The minimum absolute atomic E-state index is 0.0562. The molecule has 2 saturated carbocycles. The van der Waals surface area contributed by atoms with Gasteiger partial charge < -0.3 is 16.0 Å². The standard InChI is InChI=1S/C24H35N3O2/c1-15-5-4-10-27(14-15)24(29)19-8-9-21(16(2)11-19)26-23(28)20-12-17-6-3-7-18(13-20)22(17)25/h8-9,11,15,17-18,20,22H,3-7,10,12-14,25H2,1-2H3,(H,26,28). The van der Waals surface area contributed by atoms with Gasteiger partial charge in [0, 0.05) is 36.3 Å². The Morgan fingerprint density at radius 1 is 1.10 bits per heavy atom. The molecule has 1 aromatic rings. The number of nitrogens with zero attached hydrogens (tertiary/aromatic N) is 1. The van der Waals surface area contributed by atoms with E-state index < -0.39 is 0 Å². The van der Waals surface area contributed by atoms with Crippen molar-refractivity contribution >= 4 is 17.5 Å². The molecule has 1 saturated heterocycles. The van der Waals surface area contributed by atoms with E-state index in [1.54, 1.807) is 0 Å². The summed E-state index contributed by atoms with van der Waals surface area (Å²) in [5, 5.41) is 3.13. The van der Waals surface area contributed by atoms with Crippen molar-refractivity contribution in [1.82, 2.24) is 4.90 Å². The SMILES string of the molecule is Cc1cc(C(=O)N2CCCC(C)C2)ccc1NC(=O)C1CC2CCCC(C1)C2N. The molecular weight excluding hydrogens is 362 g/mol. The van der Waals surface area contributed by atoms with Crippen LogP contribution in [0.15, 0.2) is 18.2 Å². The van der Waals surface area contributed by atoms with Gasteiger partial charge in [-0.1, -0.05) is 13.3 Å². The highest BCUT2D eigenvalue weighted by Gasteiger charge is 2.40. The second-order valence-electron chi connectivity index (χ2n) is 9.71. The maximum absolute atomic E-state index is 12.9. The van der Waals surface area contributed by atoms with Crippen LogP contribution in [0.1, 0.15) is 67.8 Å². The predicted octanol–water partition coefficient (Wildman–Crippen LogP) is 3.96. The van der Waals surface area contributed by atoms with Gasteiger partial charge in [-0.15, -0.1) is 0 Å². The Labute approximate surface area is 174 Å². The van der Waals surface area contributed by atoms with E-state index in [0.29, 0.717) is 23.3 Å². The first-order valence-corrected chi connectivity index (χ1v) is 11.4. The Balaban J connectivity index is 1.40. The second kappa shape index (κ2) is 8.47. The van der Waals surface area contributed by atoms with Crippen LogP contribution in [-0.2, 0) is 4.79 Å². The van der Waals surface area contributed by atoms with Gasteiger partial charge in [-0.2, -0.15) is 0 Å². The number of carbonyl (C=O) groups excluding carboxylic acids is 2. The van der Waals surface area contributed by atoms with Crippen molar-refractivity contribution in [3.8, 4) is 0 Å². The average Bonchev–Trinajstić information content (AvgIpc) is 2.68. The number of nitrogens with two attached hydrogens (primary N) is 1. The highest BCUT2D eigenvalue weighted by molar-refractivity contribution is 5.97. The van der Waals surface area contributed by atoms with Crippen molar-refractivity contribution in [3.63, 3.8) is 0 Å². The van der Waals surface area contributed by atoms with Crippen LogP contribution in [0.3, 0.4) is 0 Å². The number of hydrogen-bond donors (Lipinski definition) is 2. The number of rotatable bonds is 3. The summed E-state index contributed by atoms with van der Waals surface area (Å²) in [6.45, 7) is 5.85. The van der Waals surface area contributed by atoms with Crippen molar-refractivity contribution in [2.45, 2.75) is 64.8 Å². The summed E-state index contributed by atoms with van der Waals surface area (Å²) in [4.78, 5) is 27.7. The Morgan fingerprint density at radius 2 is 1.83 bits per heavy atom. The van der Waals surface area contributed by atoms with Crippen molar-refractivity contribution in [1.29, 1.82) is 0 Å². The lowest BCUT2D eigenvalue weighted by Crippen LogP contribution is -2.48. The van der Waals surface area contributed by atoms with Gasteiger partial charge in [-0.25, -0.2) is 0 Å². The van der Waals surface area contributed by atoms with E-state index in [1.165, 1.54) is 12.8 Å². The van der Waals surface area contributed by atoms with Gasteiger partial charge in [0.2, 0.25) is 5.91 Å². The van der Waals surface area contributed by atoms with Crippen LogP contribution in [0.5, 0.6) is 0 Å². The van der Waals surface area contributed by atoms with Crippen LogP contribution in [0.2, 0.25) is 0 Å². The number of nitrogens with one attached hydrogen (secondary N) is 1. The maximum atomic E-state index is 12.9. The predicted molar refractivity (Wildman–Crippen MR) is 116 cm³/mol. The minimum Gasteiger partial charge on any atom is -0.338 e. The summed E-state index contributed by atoms with van der Waals surface area (Å²) >= 11 is 0. The number of piperidine rings is 1. The molecule has 2 amide bonds. The molecule has 5 heteroatoms. The maximum Gasteiger partial charge on any atom is 0.253 e. The van der Waals surface area contributed by atoms with Crippen molar-refractivity contribution in [2.75, 3.05) is 18.4 Å². The Bertz CT molecular complexity index is 763. The third kappa shape index (κ3) is 4.35. The van der Waals surface area contributed by atoms with E-state index >= 15 is 0 Å². The summed E-state index contributed by atoms with van der Waals surface area (Å²) < 4.78 is 0. The second-order valence-corrected chi connectivity index (χ2v) is 9.71. The molecule has 1 heterocycles. The fourth-order valence-corrected chi connectivity index (χ4v) is 5.73. The first kappa shape index (κ1) is 20.4. The summed E-state index contributed by atoms with van der Waals surface area (Å²) in [6.07, 6.45) is 7.66. The van der Waals surface area contributed by atoms with Gasteiger partial charge in [-0.3, -0.25) is 9.59 Å². The quantitative estimate of drug-likeness (QED) is 0.811. The number of amides is 2. The molecule has 0 spiro atoms. The summed E-state index contributed by atoms with van der Waals surface area (Å²) in [6, 6.07) is 5.94. The zero-order chi connectivity index (χ0) is 20.5. The molecule has 158 valence electrons. The number of carbonyl (C=O) groups is 2. The van der Waals surface area contributed by atoms with Crippen LogP contribution in [0.25, 0.3) is 0 Å². The van der Waals surface area contributed by atoms with Gasteiger partial charge in [-0.05, 0) is 87.0 Å². The summed E-state index contributed by atoms with van der Waals surface area (Å²) in [5.41, 5.74) is 8.85. The number of likely N-dealkylation sites (tertiary alicyclic amines) is 1. The van der Waals surface area contributed by atoms with Crippen molar-refractivity contribution < 1.29 is 9.59 Å². The van der Waals surface area contributed by atoms with Gasteiger partial charge in [0.1, 0.15) is 0 Å². The monoisotopic (exact) mass is 397 g/mol. The van der Waals surface area contributed by atoms with Gasteiger partial charge in [0.25, 0.3) is 5.91 Å². The zero-order valence-electron chi connectivity index (χ0n) is 17.8. The molecule has 1 aliphatic heterocycles. The van der Waals surface area contributed by atoms with E-state index in [0.717, 1.165) is 56.4 Å². The third-order valence-electron chi connectivity index (χ3n) is 7.46. The molecule has 1 aromatic carbocycles. The number of anilines is 1. The normalized spacial score (nSPS) is 32.0. The largest absolute Gasteiger partial charge is 0.338 e. The number of fused-ring (bicyclic) bond motifs is 2. The van der Waals surface area contributed by atoms with Crippen LogP contribution < -0.4 is 11.1 Å². The number of aryl methyl sites for hydroxylation is 1. The fraction of sp³-hybridized carbons (Fsp3) is 0.667. The molecule has 2 bridgehead atoms. The Kier molecular flexibility index (Phi) is 5.95. The van der Waals surface area contributed by atoms with E-state index in [1.807, 2.05) is 30.0 Å². The highest BCUT2D eigenvalue weighted by Crippen LogP contribution is 2.42. The molecule has 3 N–H and O–H groups in total. The molecule has 2 aliphatic carbocycles. The first-order valence-electron chi connectivity index (χ1n) is 11.4. The zero-order valence-corrected chi connectivity index (χ0v) is 17.8. The van der Waals surface area contributed by atoms with Crippen LogP contribution in [0.4, 0.5) is 5.69 Å². The lowest BCUT2D eigenvalue weighted by Gasteiger charge is -2.43. The Hall–Kier alpha value is -1.88. The third-order valence-corrected chi connectivity index (χ3v) is 7.46. The fourth-order valence-electron chi connectivity index (χ4n) is 5.73. The average molecular weight is 398 g/mol. The van der Waals surface area contributed by atoms with Crippen molar-refractivity contribution in [3.05, 3.63) is 29.3 Å². The summed E-state index contributed by atoms with van der Waals surface area (Å²) in [7, 11) is 0. The molecule has 0 aromatic heterocycles. The Morgan fingerprint density at radius 3 is 2.48 bits per heavy atom. The molecule has 3 atom stereocenters. The molecular formula is C24H35N3O2. The van der Waals surface area contributed by atoms with E-state index in [9.17, 15) is 9.59 Å². The molecule has 5 nitrogen and oxygen atoms in total. The minimum atomic E-state index is 0.0562. The number of benzene rings is 1. The molecule has 3 unspecified atom stereocenters. The van der Waals surface area contributed by atoms with Gasteiger partial charge in [0.05, 0.1) is 0 Å². The first-order chi connectivity index (χ1) is 13.9. The van der Waals surface area contributed by atoms with Crippen LogP contribution in [-0.4, -0.2) is 35.8 Å². The van der Waals surface area contributed by atoms with Gasteiger partial charge in [0.15, 0.2) is 0 Å². The lowest BCUT2D eigenvalue weighted by atomic mass is 9.65. The van der Waals surface area contributed by atoms with E-state index in [-0.39, 0.29) is 23.8 Å². The summed E-state index contributed by atoms with van der Waals surface area (Å²) in [5.74, 6) is 1.82. The smallest absolute Gasteiger partial charge is 0.253 e. The molecule has 3 fully saturated rings. The molecule has 4 rings (SSSR count). The van der Waals surface area contributed by atoms with Gasteiger partial charge >= 0.3 is 0 Å². The lowest BCUT2D eigenvalue weighted by molar-refractivity contribution is -0.122. The highest BCUT2D eigenvalue weighted by atomic mass is 16.2. The van der Waals surface area contributed by atoms with E-state index in [2.05, 4.69) is 12.2 Å². The van der Waals surface area contributed by atoms with Crippen molar-refractivity contribution in [2.24, 2.45) is 29.4 Å². The van der Waals surface area contributed by atoms with E-state index in [4.69, 9.17) is 5.73 Å². The number of hydrogen-bond acceptors (Lipinski definition) is 3. The molecule has 3 aliphatic rings. The molecule has 0 radical (unpaired) electrons. The van der Waals surface area contributed by atoms with Crippen LogP contribution in [0, 0.1) is 30.6 Å². The topological polar surface area (TPSA) is 75.4 Å². The molecule has 29 heavy (non-hydrogen) atoms.